The number of amides is 2. The number of nitrogens with one attached hydrogen (secondary N) is 1. The van der Waals surface area contributed by atoms with Gasteiger partial charge in [-0.3, -0.25) is 13.9 Å². The number of rotatable bonds is 11. The van der Waals surface area contributed by atoms with Crippen LogP contribution in [0.1, 0.15) is 38.3 Å². The Labute approximate surface area is 240 Å². The molecule has 208 valence electrons. The van der Waals surface area contributed by atoms with Crippen LogP contribution in [0.3, 0.4) is 0 Å². The minimum absolute atomic E-state index is 0.0210. The van der Waals surface area contributed by atoms with Gasteiger partial charge < -0.3 is 10.2 Å². The monoisotopic (exact) mass is 589 g/mol. The lowest BCUT2D eigenvalue weighted by Crippen LogP contribution is -2.52. The molecule has 0 heterocycles. The summed E-state index contributed by atoms with van der Waals surface area (Å²) in [7, 11) is -4.19. The van der Waals surface area contributed by atoms with E-state index in [2.05, 4.69) is 5.32 Å². The molecule has 2 amide bonds. The molecule has 10 heteroatoms. The standard InChI is InChI=1S/C29H33Cl2N3O4S/c1-5-21(3)32-29(36)22(4)33(18-23-12-14-24(30)15-13-23)28(35)19-34(27-9-7-6-8-26(27)31)39(37,38)25-16-10-20(2)11-17-25/h6-17,21-22H,5,18-19H2,1-4H3,(H,32,36)/t21-,22-/m0/s1. The van der Waals surface area contributed by atoms with Gasteiger partial charge in [0.15, 0.2) is 0 Å². The van der Waals surface area contributed by atoms with Crippen molar-refractivity contribution in [3.63, 3.8) is 0 Å². The van der Waals surface area contributed by atoms with Gasteiger partial charge in [0.05, 0.1) is 15.6 Å². The Morgan fingerprint density at radius 2 is 1.54 bits per heavy atom. The van der Waals surface area contributed by atoms with Gasteiger partial charge in [0.1, 0.15) is 12.6 Å². The van der Waals surface area contributed by atoms with Crippen LogP contribution in [0.5, 0.6) is 0 Å². The molecule has 0 fully saturated rings. The molecule has 7 nitrogen and oxygen atoms in total. The molecular weight excluding hydrogens is 557 g/mol. The molecule has 0 aliphatic rings. The van der Waals surface area contributed by atoms with Gasteiger partial charge in [0.2, 0.25) is 11.8 Å². The second-order valence-electron chi connectivity index (χ2n) is 9.42. The summed E-state index contributed by atoms with van der Waals surface area (Å²) in [5.41, 5.74) is 1.79. The Kier molecular flexibility index (Phi) is 10.4. The fourth-order valence-corrected chi connectivity index (χ4v) is 5.69. The molecule has 0 unspecified atom stereocenters. The lowest BCUT2D eigenvalue weighted by Gasteiger charge is -2.32. The van der Waals surface area contributed by atoms with Crippen LogP contribution in [-0.2, 0) is 26.2 Å². The Balaban J connectivity index is 2.03. The summed E-state index contributed by atoms with van der Waals surface area (Å²) >= 11 is 12.5. The fraction of sp³-hybridized carbons (Fsp3) is 0.310. The van der Waals surface area contributed by atoms with Gasteiger partial charge in [-0.15, -0.1) is 0 Å². The molecule has 0 aliphatic heterocycles. The molecule has 3 aromatic rings. The van der Waals surface area contributed by atoms with E-state index in [1.807, 2.05) is 20.8 Å². The van der Waals surface area contributed by atoms with Crippen molar-refractivity contribution in [1.82, 2.24) is 10.2 Å². The van der Waals surface area contributed by atoms with Crippen LogP contribution < -0.4 is 9.62 Å². The van der Waals surface area contributed by atoms with Crippen LogP contribution in [0.25, 0.3) is 0 Å². The van der Waals surface area contributed by atoms with Gasteiger partial charge in [-0.2, -0.15) is 0 Å². The normalized spacial score (nSPS) is 12.9. The van der Waals surface area contributed by atoms with Crippen molar-refractivity contribution in [3.05, 3.63) is 94.0 Å². The maximum absolute atomic E-state index is 13.9. The van der Waals surface area contributed by atoms with E-state index >= 15 is 0 Å². The number of hydrogen-bond acceptors (Lipinski definition) is 4. The van der Waals surface area contributed by atoms with Crippen LogP contribution in [0.4, 0.5) is 5.69 Å². The van der Waals surface area contributed by atoms with Gasteiger partial charge in [-0.1, -0.05) is 72.1 Å². The zero-order valence-corrected chi connectivity index (χ0v) is 24.7. The van der Waals surface area contributed by atoms with E-state index in [4.69, 9.17) is 23.2 Å². The molecule has 0 saturated heterocycles. The Morgan fingerprint density at radius 3 is 2.13 bits per heavy atom. The quantitative estimate of drug-likeness (QED) is 0.305. The van der Waals surface area contributed by atoms with Crippen LogP contribution in [-0.4, -0.2) is 43.8 Å². The lowest BCUT2D eigenvalue weighted by atomic mass is 10.1. The summed E-state index contributed by atoms with van der Waals surface area (Å²) in [6.07, 6.45) is 0.721. The number of carbonyl (C=O) groups excluding carboxylic acids is 2. The third-order valence-electron chi connectivity index (χ3n) is 6.44. The number of hydrogen-bond donors (Lipinski definition) is 1. The van der Waals surface area contributed by atoms with E-state index in [0.717, 1.165) is 21.9 Å². The summed E-state index contributed by atoms with van der Waals surface area (Å²) in [5, 5.41) is 3.62. The first kappa shape index (κ1) is 30.5. The number of aryl methyl sites for hydroxylation is 1. The van der Waals surface area contributed by atoms with Crippen LogP contribution in [0, 0.1) is 6.92 Å². The Hall–Kier alpha value is -3.07. The Morgan fingerprint density at radius 1 is 0.923 bits per heavy atom. The highest BCUT2D eigenvalue weighted by atomic mass is 35.5. The lowest BCUT2D eigenvalue weighted by molar-refractivity contribution is -0.139. The third-order valence-corrected chi connectivity index (χ3v) is 8.79. The second-order valence-corrected chi connectivity index (χ2v) is 12.1. The van der Waals surface area contributed by atoms with Crippen molar-refractivity contribution >= 4 is 50.7 Å². The molecule has 0 bridgehead atoms. The molecule has 1 N–H and O–H groups in total. The minimum atomic E-state index is -4.19. The highest BCUT2D eigenvalue weighted by Crippen LogP contribution is 2.31. The smallest absolute Gasteiger partial charge is 0.264 e. The fourth-order valence-electron chi connectivity index (χ4n) is 3.84. The number of anilines is 1. The van der Waals surface area contributed by atoms with Crippen LogP contribution >= 0.6 is 23.2 Å². The number of benzene rings is 3. The molecule has 0 radical (unpaired) electrons. The largest absolute Gasteiger partial charge is 0.352 e. The molecule has 0 aromatic heterocycles. The second kappa shape index (κ2) is 13.3. The molecule has 3 aromatic carbocycles. The first-order valence-corrected chi connectivity index (χ1v) is 14.8. The first-order valence-electron chi connectivity index (χ1n) is 12.6. The molecule has 0 spiro atoms. The molecule has 3 rings (SSSR count). The summed E-state index contributed by atoms with van der Waals surface area (Å²) in [6.45, 7) is 6.82. The molecular formula is C29H33Cl2N3O4S. The van der Waals surface area contributed by atoms with Crippen LogP contribution in [0.15, 0.2) is 77.7 Å². The average Bonchev–Trinajstić information content (AvgIpc) is 2.91. The SMILES string of the molecule is CC[C@H](C)NC(=O)[C@H](C)N(Cc1ccc(Cl)cc1)C(=O)CN(c1ccccc1Cl)S(=O)(=O)c1ccc(C)cc1. The summed E-state index contributed by atoms with van der Waals surface area (Å²) in [5.74, 6) is -0.898. The van der Waals surface area contributed by atoms with Crippen molar-refractivity contribution in [2.24, 2.45) is 0 Å². The zero-order valence-electron chi connectivity index (χ0n) is 22.4. The van der Waals surface area contributed by atoms with E-state index in [0.29, 0.717) is 5.02 Å². The van der Waals surface area contributed by atoms with E-state index in [9.17, 15) is 18.0 Å². The maximum Gasteiger partial charge on any atom is 0.264 e. The third kappa shape index (κ3) is 7.75. The van der Waals surface area contributed by atoms with Crippen molar-refractivity contribution in [2.45, 2.75) is 57.6 Å². The number of para-hydroxylation sites is 1. The number of halogens is 2. The van der Waals surface area contributed by atoms with E-state index in [-0.39, 0.29) is 34.1 Å². The molecule has 39 heavy (non-hydrogen) atoms. The summed E-state index contributed by atoms with van der Waals surface area (Å²) in [4.78, 5) is 28.4. The minimum Gasteiger partial charge on any atom is -0.352 e. The van der Waals surface area contributed by atoms with Crippen molar-refractivity contribution in [3.8, 4) is 0 Å². The maximum atomic E-state index is 13.9. The Bertz CT molecular complexity index is 1400. The number of nitrogens with zero attached hydrogens (tertiary/aromatic N) is 2. The van der Waals surface area contributed by atoms with Gasteiger partial charge in [-0.25, -0.2) is 8.42 Å². The topological polar surface area (TPSA) is 86.8 Å². The predicted molar refractivity (Wildman–Crippen MR) is 157 cm³/mol. The van der Waals surface area contributed by atoms with Crippen molar-refractivity contribution in [1.29, 1.82) is 0 Å². The zero-order chi connectivity index (χ0) is 28.7. The van der Waals surface area contributed by atoms with Crippen molar-refractivity contribution < 1.29 is 18.0 Å². The molecule has 2 atom stereocenters. The van der Waals surface area contributed by atoms with E-state index < -0.39 is 28.5 Å². The van der Waals surface area contributed by atoms with Crippen LogP contribution in [0.2, 0.25) is 10.0 Å². The highest BCUT2D eigenvalue weighted by molar-refractivity contribution is 7.92. The van der Waals surface area contributed by atoms with Crippen molar-refractivity contribution in [2.75, 3.05) is 10.8 Å². The predicted octanol–water partition coefficient (Wildman–Crippen LogP) is 5.83. The average molecular weight is 591 g/mol. The van der Waals surface area contributed by atoms with Gasteiger partial charge >= 0.3 is 0 Å². The van der Waals surface area contributed by atoms with E-state index in [1.54, 1.807) is 67.6 Å². The van der Waals surface area contributed by atoms with Gasteiger partial charge in [0, 0.05) is 17.6 Å². The highest BCUT2D eigenvalue weighted by Gasteiger charge is 2.33. The summed E-state index contributed by atoms with van der Waals surface area (Å²) in [6, 6.07) is 18.7. The summed E-state index contributed by atoms with van der Waals surface area (Å²) < 4.78 is 28.7. The first-order chi connectivity index (χ1) is 18.4. The van der Waals surface area contributed by atoms with E-state index in [1.165, 1.54) is 17.0 Å². The molecule has 0 saturated carbocycles. The number of carbonyl (C=O) groups is 2. The number of sulfonamides is 1. The molecule has 0 aliphatic carbocycles. The van der Waals surface area contributed by atoms with Gasteiger partial charge in [-0.05, 0) is 69.2 Å². The van der Waals surface area contributed by atoms with Gasteiger partial charge in [0.25, 0.3) is 10.0 Å².